The summed E-state index contributed by atoms with van der Waals surface area (Å²) in [4.78, 5) is 0. The first-order chi connectivity index (χ1) is 3.97. The fourth-order valence-electron chi connectivity index (χ4n) is 0.378. The fourth-order valence-corrected chi connectivity index (χ4v) is 1.13. The van der Waals surface area contributed by atoms with Crippen LogP contribution in [0.3, 0.4) is 0 Å². The fraction of sp³-hybridized carbons (Fsp3) is 1.00. The molecule has 0 aromatic rings. The summed E-state index contributed by atoms with van der Waals surface area (Å²) in [5, 5.41) is 16.6. The quantitative estimate of drug-likeness (QED) is 0.452. The molecule has 1 saturated heterocycles. The first-order valence-electron chi connectivity index (χ1n) is 1.97. The van der Waals surface area contributed by atoms with Crippen LogP contribution < -0.4 is 0 Å². The second-order valence-electron chi connectivity index (χ2n) is 1.45. The van der Waals surface area contributed by atoms with Crippen molar-refractivity contribution in [3.63, 3.8) is 0 Å². The van der Waals surface area contributed by atoms with E-state index < -0.39 is 23.0 Å². The zero-order chi connectivity index (χ0) is 7.12. The predicted octanol–water partition coefficient (Wildman–Crippen LogP) is -2.08. The normalized spacial score (nSPS) is 29.1. The van der Waals surface area contributed by atoms with Crippen LogP contribution in [0.5, 0.6) is 0 Å². The van der Waals surface area contributed by atoms with Crippen LogP contribution in [0.1, 0.15) is 0 Å². The average Bonchev–Trinajstić information content (AvgIpc) is 1.61. The number of rotatable bonds is 1. The first-order valence-corrected chi connectivity index (χ1v) is 3.30. The van der Waals surface area contributed by atoms with E-state index in [1.54, 1.807) is 0 Å². The van der Waals surface area contributed by atoms with Gasteiger partial charge in [-0.05, 0) is 0 Å². The molecule has 0 radical (unpaired) electrons. The minimum Gasteiger partial charge on any atom is -0.388 e. The van der Waals surface area contributed by atoms with Crippen molar-refractivity contribution in [1.29, 1.82) is 0 Å². The van der Waals surface area contributed by atoms with Crippen LogP contribution in [0.25, 0.3) is 0 Å². The molecule has 7 heteroatoms. The van der Waals surface area contributed by atoms with Crippen molar-refractivity contribution in [3.05, 3.63) is 0 Å². The van der Waals surface area contributed by atoms with Crippen molar-refractivity contribution >= 4 is 10.4 Å². The molecule has 1 aliphatic heterocycles. The average molecular weight is 156 g/mol. The summed E-state index contributed by atoms with van der Waals surface area (Å²) >= 11 is 0. The maximum absolute atomic E-state index is 9.95. The highest BCUT2D eigenvalue weighted by Crippen LogP contribution is 2.26. The van der Waals surface area contributed by atoms with E-state index in [0.717, 1.165) is 0 Å². The van der Waals surface area contributed by atoms with Crippen molar-refractivity contribution in [2.75, 3.05) is 6.61 Å². The molecule has 0 aromatic carbocycles. The lowest BCUT2D eigenvalue weighted by atomic mass is 10.6. The second kappa shape index (κ2) is 1.64. The Balaban J connectivity index is 2.61. The van der Waals surface area contributed by atoms with E-state index in [9.17, 15) is 8.42 Å². The van der Waals surface area contributed by atoms with Gasteiger partial charge in [-0.2, -0.15) is 16.8 Å². The van der Waals surface area contributed by atoms with Gasteiger partial charge in [0.15, 0.2) is 0 Å². The SMILES string of the molecule is O=S1(=O)OC(O)(CO)O1. The van der Waals surface area contributed by atoms with Crippen LogP contribution in [0.2, 0.25) is 0 Å². The van der Waals surface area contributed by atoms with Gasteiger partial charge in [0, 0.05) is 0 Å². The lowest BCUT2D eigenvalue weighted by Gasteiger charge is -2.31. The maximum Gasteiger partial charge on any atom is 0.409 e. The Morgan fingerprint density at radius 3 is 2.00 bits per heavy atom. The predicted molar refractivity (Wildman–Crippen MR) is 23.1 cm³/mol. The van der Waals surface area contributed by atoms with Gasteiger partial charge < -0.3 is 10.2 Å². The summed E-state index contributed by atoms with van der Waals surface area (Å²) in [5.74, 6) is -2.33. The molecule has 0 aliphatic carbocycles. The van der Waals surface area contributed by atoms with Gasteiger partial charge in [-0.15, -0.1) is 0 Å². The van der Waals surface area contributed by atoms with Crippen LogP contribution in [0.4, 0.5) is 0 Å². The summed E-state index contributed by atoms with van der Waals surface area (Å²) in [5.41, 5.74) is 0. The van der Waals surface area contributed by atoms with Crippen molar-refractivity contribution in [2.45, 2.75) is 5.97 Å². The van der Waals surface area contributed by atoms with Crippen molar-refractivity contribution in [2.24, 2.45) is 0 Å². The topological polar surface area (TPSA) is 93.1 Å². The van der Waals surface area contributed by atoms with Crippen LogP contribution >= 0.6 is 0 Å². The summed E-state index contributed by atoms with van der Waals surface area (Å²) in [6, 6.07) is 0. The Morgan fingerprint density at radius 1 is 1.44 bits per heavy atom. The smallest absolute Gasteiger partial charge is 0.388 e. The number of hydrogen-bond donors (Lipinski definition) is 2. The summed E-state index contributed by atoms with van der Waals surface area (Å²) in [6.07, 6.45) is 0. The van der Waals surface area contributed by atoms with Gasteiger partial charge in [0.05, 0.1) is 0 Å². The molecular formula is C2H4O6S. The molecule has 0 unspecified atom stereocenters. The van der Waals surface area contributed by atoms with Gasteiger partial charge in [0.2, 0.25) is 0 Å². The van der Waals surface area contributed by atoms with E-state index in [1.165, 1.54) is 0 Å². The third kappa shape index (κ3) is 1.19. The second-order valence-corrected chi connectivity index (χ2v) is 2.60. The van der Waals surface area contributed by atoms with Gasteiger partial charge in [0.25, 0.3) is 0 Å². The Bertz CT molecular complexity index is 191. The molecule has 0 atom stereocenters. The van der Waals surface area contributed by atoms with E-state index in [0.29, 0.717) is 0 Å². The standard InChI is InChI=1S/C2H4O6S/c3-1-2(4)7-9(5,6)8-2/h3-4H,1H2. The third-order valence-electron chi connectivity index (χ3n) is 0.664. The highest BCUT2D eigenvalue weighted by Gasteiger charge is 2.50. The van der Waals surface area contributed by atoms with Crippen molar-refractivity contribution < 1.29 is 27.0 Å². The lowest BCUT2D eigenvalue weighted by Crippen LogP contribution is -2.52. The van der Waals surface area contributed by atoms with Crippen molar-refractivity contribution in [3.8, 4) is 0 Å². The van der Waals surface area contributed by atoms with Crippen molar-refractivity contribution in [1.82, 2.24) is 0 Å². The molecule has 54 valence electrons. The Morgan fingerprint density at radius 2 is 1.89 bits per heavy atom. The molecule has 0 spiro atoms. The highest BCUT2D eigenvalue weighted by molar-refractivity contribution is 7.82. The molecule has 0 bridgehead atoms. The van der Waals surface area contributed by atoms with Crippen LogP contribution in [0, 0.1) is 0 Å². The van der Waals surface area contributed by atoms with Gasteiger partial charge in [0.1, 0.15) is 6.61 Å². The highest BCUT2D eigenvalue weighted by atomic mass is 32.3. The van der Waals surface area contributed by atoms with Gasteiger partial charge in [-0.1, -0.05) is 0 Å². The zero-order valence-electron chi connectivity index (χ0n) is 4.14. The molecule has 1 heterocycles. The van der Waals surface area contributed by atoms with E-state index in [2.05, 4.69) is 8.37 Å². The number of aliphatic hydroxyl groups excluding tert-OH is 1. The van der Waals surface area contributed by atoms with E-state index in [-0.39, 0.29) is 0 Å². The van der Waals surface area contributed by atoms with Crippen LogP contribution in [-0.2, 0) is 18.8 Å². The molecular weight excluding hydrogens is 152 g/mol. The molecule has 9 heavy (non-hydrogen) atoms. The number of aliphatic hydroxyl groups is 2. The van der Waals surface area contributed by atoms with E-state index in [4.69, 9.17) is 10.2 Å². The first kappa shape index (κ1) is 6.90. The minimum atomic E-state index is -4.01. The molecule has 1 fully saturated rings. The van der Waals surface area contributed by atoms with E-state index >= 15 is 0 Å². The lowest BCUT2D eigenvalue weighted by molar-refractivity contribution is -0.339. The van der Waals surface area contributed by atoms with Gasteiger partial charge in [-0.3, -0.25) is 0 Å². The molecule has 6 nitrogen and oxygen atoms in total. The Hall–Kier alpha value is -0.210. The Labute approximate surface area is 51.0 Å². The monoisotopic (exact) mass is 156 g/mol. The summed E-state index contributed by atoms with van der Waals surface area (Å²) < 4.78 is 27.3. The van der Waals surface area contributed by atoms with Gasteiger partial charge >= 0.3 is 16.4 Å². The number of hydrogen-bond acceptors (Lipinski definition) is 6. The van der Waals surface area contributed by atoms with Gasteiger partial charge in [-0.25, -0.2) is 0 Å². The van der Waals surface area contributed by atoms with Crippen LogP contribution in [0.15, 0.2) is 0 Å². The largest absolute Gasteiger partial charge is 0.409 e. The maximum atomic E-state index is 9.95. The van der Waals surface area contributed by atoms with E-state index in [1.807, 2.05) is 0 Å². The molecule has 0 saturated carbocycles. The zero-order valence-corrected chi connectivity index (χ0v) is 4.96. The minimum absolute atomic E-state index is 0.910. The Kier molecular flexibility index (Phi) is 1.26. The molecule has 1 aliphatic rings. The molecule has 1 rings (SSSR count). The summed E-state index contributed by atoms with van der Waals surface area (Å²) in [6.45, 7) is -0.910. The molecule has 0 aromatic heterocycles. The third-order valence-corrected chi connectivity index (χ3v) is 1.59. The molecule has 2 N–H and O–H groups in total. The molecule has 0 amide bonds. The summed E-state index contributed by atoms with van der Waals surface area (Å²) in [7, 11) is -4.01. The van der Waals surface area contributed by atoms with Crippen LogP contribution in [-0.4, -0.2) is 31.2 Å².